The third-order valence-electron chi connectivity index (χ3n) is 3.74. The number of amides is 2. The number of anilines is 2. The van der Waals surface area contributed by atoms with E-state index in [-0.39, 0.29) is 11.8 Å². The minimum atomic E-state index is -0.477. The van der Waals surface area contributed by atoms with Crippen molar-refractivity contribution in [2.45, 2.75) is 13.8 Å². The summed E-state index contributed by atoms with van der Waals surface area (Å²) >= 11 is 0. The van der Waals surface area contributed by atoms with Gasteiger partial charge in [0.05, 0.1) is 17.1 Å². The molecular formula is C19H18N4O2. The summed E-state index contributed by atoms with van der Waals surface area (Å²) in [5.41, 5.74) is 2.85. The van der Waals surface area contributed by atoms with Crippen molar-refractivity contribution in [3.8, 4) is 0 Å². The number of para-hydroxylation sites is 1. The van der Waals surface area contributed by atoms with E-state index < -0.39 is 5.92 Å². The topological polar surface area (TPSA) is 74.1 Å². The van der Waals surface area contributed by atoms with Crippen LogP contribution in [0.3, 0.4) is 0 Å². The Morgan fingerprint density at radius 3 is 2.48 bits per heavy atom. The lowest BCUT2D eigenvalue weighted by molar-refractivity contribution is -0.118. The normalized spacial score (nSPS) is 17.0. The van der Waals surface area contributed by atoms with Gasteiger partial charge in [-0.2, -0.15) is 10.1 Å². The van der Waals surface area contributed by atoms with Crippen molar-refractivity contribution >= 4 is 40.8 Å². The van der Waals surface area contributed by atoms with Gasteiger partial charge in [0.25, 0.3) is 5.91 Å². The highest BCUT2D eigenvalue weighted by molar-refractivity contribution is 6.23. The summed E-state index contributed by atoms with van der Waals surface area (Å²) in [6.07, 6.45) is 1.61. The van der Waals surface area contributed by atoms with Crippen LogP contribution in [0.4, 0.5) is 17.1 Å². The molecule has 25 heavy (non-hydrogen) atoms. The van der Waals surface area contributed by atoms with Gasteiger partial charge in [0, 0.05) is 18.8 Å². The Bertz CT molecular complexity index is 841. The first-order chi connectivity index (χ1) is 12.0. The Morgan fingerprint density at radius 1 is 1.16 bits per heavy atom. The summed E-state index contributed by atoms with van der Waals surface area (Å²) in [6, 6.07) is 16.4. The molecule has 0 saturated carbocycles. The maximum atomic E-state index is 12.6. The Balaban J connectivity index is 1.72. The number of rotatable bonds is 4. The molecule has 0 aliphatic carbocycles. The van der Waals surface area contributed by atoms with Gasteiger partial charge in [-0.25, -0.2) is 0 Å². The van der Waals surface area contributed by atoms with Crippen molar-refractivity contribution in [2.75, 3.05) is 10.3 Å². The van der Waals surface area contributed by atoms with E-state index in [0.717, 1.165) is 5.69 Å². The van der Waals surface area contributed by atoms with Crippen molar-refractivity contribution in [1.82, 2.24) is 0 Å². The number of benzene rings is 2. The molecule has 1 heterocycles. The maximum Gasteiger partial charge on any atom is 0.261 e. The van der Waals surface area contributed by atoms with E-state index in [4.69, 9.17) is 0 Å². The van der Waals surface area contributed by atoms with Gasteiger partial charge in [0.1, 0.15) is 5.92 Å². The van der Waals surface area contributed by atoms with E-state index in [0.29, 0.717) is 17.1 Å². The monoisotopic (exact) mass is 334 g/mol. The quantitative estimate of drug-likeness (QED) is 0.870. The van der Waals surface area contributed by atoms with Gasteiger partial charge >= 0.3 is 0 Å². The fourth-order valence-corrected chi connectivity index (χ4v) is 2.50. The van der Waals surface area contributed by atoms with Crippen LogP contribution in [0.15, 0.2) is 64.7 Å². The van der Waals surface area contributed by atoms with Crippen molar-refractivity contribution in [3.63, 3.8) is 0 Å². The number of hydrogen-bond donors (Lipinski definition) is 1. The summed E-state index contributed by atoms with van der Waals surface area (Å²) in [4.78, 5) is 28.0. The zero-order valence-corrected chi connectivity index (χ0v) is 14.0. The van der Waals surface area contributed by atoms with Crippen molar-refractivity contribution in [3.05, 3.63) is 54.6 Å². The molecule has 1 aliphatic heterocycles. The number of nitrogens with zero attached hydrogens (tertiary/aromatic N) is 3. The van der Waals surface area contributed by atoms with Crippen molar-refractivity contribution < 1.29 is 9.59 Å². The van der Waals surface area contributed by atoms with Gasteiger partial charge in [-0.3, -0.25) is 14.6 Å². The maximum absolute atomic E-state index is 12.6. The fraction of sp³-hybridized carbons (Fsp3) is 0.158. The zero-order chi connectivity index (χ0) is 17.8. The largest absolute Gasteiger partial charge is 0.326 e. The van der Waals surface area contributed by atoms with Gasteiger partial charge in [-0.15, -0.1) is 0 Å². The Labute approximate surface area is 145 Å². The average Bonchev–Trinajstić information content (AvgIpc) is 2.89. The van der Waals surface area contributed by atoms with Crippen molar-refractivity contribution in [2.24, 2.45) is 16.0 Å². The molecule has 0 unspecified atom stereocenters. The van der Waals surface area contributed by atoms with Crippen LogP contribution >= 0.6 is 0 Å². The SMILES string of the molecule is CC(=O)Nc1ccc(N=C[C@@H]2C(=O)N(c3ccccc3)N=C2C)cc1. The summed E-state index contributed by atoms with van der Waals surface area (Å²) in [7, 11) is 0. The van der Waals surface area contributed by atoms with Crippen molar-refractivity contribution in [1.29, 1.82) is 0 Å². The smallest absolute Gasteiger partial charge is 0.261 e. The van der Waals surface area contributed by atoms with E-state index in [2.05, 4.69) is 15.4 Å². The molecule has 6 nitrogen and oxygen atoms in total. The third kappa shape index (κ3) is 3.80. The fourth-order valence-electron chi connectivity index (χ4n) is 2.50. The molecule has 0 radical (unpaired) electrons. The summed E-state index contributed by atoms with van der Waals surface area (Å²) in [5, 5.41) is 8.45. The van der Waals surface area contributed by atoms with Crippen LogP contribution in [0.2, 0.25) is 0 Å². The molecule has 1 aliphatic rings. The van der Waals surface area contributed by atoms with E-state index in [1.807, 2.05) is 37.3 Å². The van der Waals surface area contributed by atoms with Gasteiger partial charge in [-0.1, -0.05) is 18.2 Å². The second-order valence-electron chi connectivity index (χ2n) is 5.71. The molecule has 1 N–H and O–H groups in total. The van der Waals surface area contributed by atoms with Crippen LogP contribution in [-0.2, 0) is 9.59 Å². The minimum absolute atomic E-state index is 0.123. The highest BCUT2D eigenvalue weighted by atomic mass is 16.2. The predicted octanol–water partition coefficient (Wildman–Crippen LogP) is 3.39. The van der Waals surface area contributed by atoms with Crippen LogP contribution in [0.1, 0.15) is 13.8 Å². The molecule has 3 rings (SSSR count). The molecule has 126 valence electrons. The van der Waals surface area contributed by atoms with Crippen LogP contribution in [-0.4, -0.2) is 23.7 Å². The van der Waals surface area contributed by atoms with Crippen LogP contribution in [0.25, 0.3) is 0 Å². The number of carbonyl (C=O) groups is 2. The lowest BCUT2D eigenvalue weighted by Crippen LogP contribution is -2.27. The molecule has 2 amide bonds. The number of nitrogens with one attached hydrogen (secondary N) is 1. The highest BCUT2D eigenvalue weighted by Crippen LogP contribution is 2.23. The van der Waals surface area contributed by atoms with Gasteiger partial charge in [0.2, 0.25) is 5.91 Å². The van der Waals surface area contributed by atoms with Crippen LogP contribution < -0.4 is 10.3 Å². The zero-order valence-electron chi connectivity index (χ0n) is 14.0. The number of aliphatic imine (C=N–C) groups is 1. The van der Waals surface area contributed by atoms with E-state index in [9.17, 15) is 9.59 Å². The molecule has 0 saturated heterocycles. The van der Waals surface area contributed by atoms with Gasteiger partial charge < -0.3 is 5.32 Å². The second kappa shape index (κ2) is 7.09. The highest BCUT2D eigenvalue weighted by Gasteiger charge is 2.33. The molecule has 0 fully saturated rings. The van der Waals surface area contributed by atoms with E-state index >= 15 is 0 Å². The summed E-state index contributed by atoms with van der Waals surface area (Å²) in [6.45, 7) is 3.27. The van der Waals surface area contributed by atoms with E-state index in [1.54, 1.807) is 30.5 Å². The average molecular weight is 334 g/mol. The van der Waals surface area contributed by atoms with Gasteiger partial charge in [-0.05, 0) is 43.3 Å². The minimum Gasteiger partial charge on any atom is -0.326 e. The molecular weight excluding hydrogens is 316 g/mol. The predicted molar refractivity (Wildman–Crippen MR) is 99.4 cm³/mol. The van der Waals surface area contributed by atoms with E-state index in [1.165, 1.54) is 11.9 Å². The molecule has 0 spiro atoms. The molecule has 2 aromatic carbocycles. The summed E-state index contributed by atoms with van der Waals surface area (Å²) < 4.78 is 0. The third-order valence-corrected chi connectivity index (χ3v) is 3.74. The number of carbonyl (C=O) groups excluding carboxylic acids is 2. The number of hydrogen-bond acceptors (Lipinski definition) is 4. The molecule has 0 bridgehead atoms. The first kappa shape index (κ1) is 16.6. The second-order valence-corrected chi connectivity index (χ2v) is 5.71. The van der Waals surface area contributed by atoms with Crippen LogP contribution in [0, 0.1) is 5.92 Å². The Hall–Kier alpha value is -3.28. The number of hydrazone groups is 1. The van der Waals surface area contributed by atoms with Crippen LogP contribution in [0.5, 0.6) is 0 Å². The molecule has 1 atom stereocenters. The lowest BCUT2D eigenvalue weighted by atomic mass is 10.1. The molecule has 2 aromatic rings. The van der Waals surface area contributed by atoms with Gasteiger partial charge in [0.15, 0.2) is 0 Å². The first-order valence-electron chi connectivity index (χ1n) is 7.90. The molecule has 6 heteroatoms. The lowest BCUT2D eigenvalue weighted by Gasteiger charge is -2.12. The summed E-state index contributed by atoms with van der Waals surface area (Å²) in [5.74, 6) is -0.724. The first-order valence-corrected chi connectivity index (χ1v) is 7.90. The standard InChI is InChI=1S/C19H18N4O2/c1-13-18(19(25)23(22-13)17-6-4-3-5-7-17)12-20-15-8-10-16(11-9-15)21-14(2)24/h3-12,18H,1-2H3,(H,21,24)/t18-/m0/s1. The Morgan fingerprint density at radius 2 is 1.84 bits per heavy atom. The molecule has 0 aromatic heterocycles. The Kier molecular flexibility index (Phi) is 4.70.